The van der Waals surface area contributed by atoms with Gasteiger partial charge in [-0.25, -0.2) is 9.97 Å². The number of piperidine rings is 1. The molecule has 0 radical (unpaired) electrons. The summed E-state index contributed by atoms with van der Waals surface area (Å²) in [5.74, 6) is 1.95. The summed E-state index contributed by atoms with van der Waals surface area (Å²) in [5, 5.41) is 0. The number of methoxy groups -OCH3 is 1. The van der Waals surface area contributed by atoms with Crippen molar-refractivity contribution in [2.75, 3.05) is 25.1 Å². The van der Waals surface area contributed by atoms with E-state index >= 15 is 0 Å². The van der Waals surface area contributed by atoms with Crippen LogP contribution >= 0.6 is 0 Å². The van der Waals surface area contributed by atoms with Gasteiger partial charge in [0.25, 0.3) is 0 Å². The highest BCUT2D eigenvalue weighted by molar-refractivity contribution is 5.42. The lowest BCUT2D eigenvalue weighted by atomic mass is 9.76. The van der Waals surface area contributed by atoms with Gasteiger partial charge in [0, 0.05) is 13.1 Å². The molecule has 0 spiro atoms. The molecule has 1 aromatic rings. The van der Waals surface area contributed by atoms with Crippen LogP contribution in [0.1, 0.15) is 65.2 Å². The lowest BCUT2D eigenvalue weighted by Crippen LogP contribution is -2.36. The number of hydrogen-bond donors (Lipinski definition) is 0. The van der Waals surface area contributed by atoms with Crippen molar-refractivity contribution >= 4 is 5.69 Å². The van der Waals surface area contributed by atoms with Gasteiger partial charge in [-0.05, 0) is 24.7 Å². The van der Waals surface area contributed by atoms with E-state index in [1.54, 1.807) is 7.11 Å². The zero-order chi connectivity index (χ0) is 16.5. The Bertz CT molecular complexity index is 421. The van der Waals surface area contributed by atoms with E-state index in [1.807, 2.05) is 12.4 Å². The Kier molecular flexibility index (Phi) is 7.63. The van der Waals surface area contributed by atoms with Gasteiger partial charge >= 0.3 is 6.01 Å². The van der Waals surface area contributed by atoms with Crippen LogP contribution in [0.2, 0.25) is 0 Å². The Morgan fingerprint density at radius 2 is 1.48 bits per heavy atom. The highest BCUT2D eigenvalue weighted by Gasteiger charge is 2.27. The maximum absolute atomic E-state index is 5.01. The van der Waals surface area contributed by atoms with E-state index < -0.39 is 0 Å². The van der Waals surface area contributed by atoms with Crippen LogP contribution in [0.15, 0.2) is 12.4 Å². The average Bonchev–Trinajstić information content (AvgIpc) is 2.63. The van der Waals surface area contributed by atoms with Gasteiger partial charge in [0.2, 0.25) is 0 Å². The molecule has 0 aromatic carbocycles. The Hall–Kier alpha value is -1.32. The van der Waals surface area contributed by atoms with Crippen molar-refractivity contribution in [1.82, 2.24) is 9.97 Å². The number of rotatable bonds is 3. The van der Waals surface area contributed by atoms with E-state index in [9.17, 15) is 0 Å². The second-order valence-corrected chi connectivity index (χ2v) is 6.86. The molecule has 0 N–H and O–H groups in total. The third-order valence-electron chi connectivity index (χ3n) is 5.02. The lowest BCUT2D eigenvalue weighted by molar-refractivity contribution is 0.213. The molecule has 0 bridgehead atoms. The minimum atomic E-state index is 0.450. The molecule has 2 aliphatic rings. The fourth-order valence-corrected chi connectivity index (χ4v) is 3.81. The Labute approximate surface area is 141 Å². The summed E-state index contributed by atoms with van der Waals surface area (Å²) in [7, 11) is 1.60. The van der Waals surface area contributed by atoms with E-state index in [1.165, 1.54) is 51.4 Å². The summed E-state index contributed by atoms with van der Waals surface area (Å²) in [6.07, 6.45) is 15.0. The second-order valence-electron chi connectivity index (χ2n) is 6.86. The van der Waals surface area contributed by atoms with Crippen LogP contribution in [0.5, 0.6) is 6.01 Å². The Balaban J connectivity index is 0.000000595. The number of aromatic nitrogens is 2. The zero-order valence-corrected chi connectivity index (χ0v) is 15.1. The molecular formula is C19H33N3O. The van der Waals surface area contributed by atoms with Gasteiger partial charge in [0.05, 0.1) is 25.2 Å². The lowest BCUT2D eigenvalue weighted by Gasteiger charge is -2.38. The Morgan fingerprint density at radius 3 is 2.00 bits per heavy atom. The average molecular weight is 319 g/mol. The van der Waals surface area contributed by atoms with Crippen LogP contribution < -0.4 is 9.64 Å². The first-order valence-electron chi connectivity index (χ1n) is 9.39. The van der Waals surface area contributed by atoms with E-state index in [2.05, 4.69) is 28.7 Å². The highest BCUT2D eigenvalue weighted by atomic mass is 16.5. The summed E-state index contributed by atoms with van der Waals surface area (Å²) in [6.45, 7) is 6.55. The molecule has 4 nitrogen and oxygen atoms in total. The van der Waals surface area contributed by atoms with E-state index in [4.69, 9.17) is 4.74 Å². The van der Waals surface area contributed by atoms with Gasteiger partial charge in [0.1, 0.15) is 0 Å². The normalized spacial score (nSPS) is 19.9. The highest BCUT2D eigenvalue weighted by Crippen LogP contribution is 2.36. The molecule has 0 amide bonds. The predicted octanol–water partition coefficient (Wildman–Crippen LogP) is 4.70. The molecule has 4 heteroatoms. The molecule has 2 heterocycles. The Morgan fingerprint density at radius 1 is 0.957 bits per heavy atom. The minimum Gasteiger partial charge on any atom is -0.467 e. The maximum Gasteiger partial charge on any atom is 0.316 e. The molecule has 1 aliphatic carbocycles. The summed E-state index contributed by atoms with van der Waals surface area (Å²) in [5.41, 5.74) is 1.13. The van der Waals surface area contributed by atoms with Gasteiger partial charge in [-0.2, -0.15) is 0 Å². The molecule has 1 saturated carbocycles. The summed E-state index contributed by atoms with van der Waals surface area (Å²) in [6, 6.07) is 0.450. The van der Waals surface area contributed by atoms with E-state index in [-0.39, 0.29) is 0 Å². The van der Waals surface area contributed by atoms with Crippen LogP contribution in [-0.4, -0.2) is 30.2 Å². The van der Waals surface area contributed by atoms with Crippen LogP contribution in [0.4, 0.5) is 5.69 Å². The van der Waals surface area contributed by atoms with Crippen LogP contribution in [-0.2, 0) is 0 Å². The molecular weight excluding hydrogens is 286 g/mol. The predicted molar refractivity (Wildman–Crippen MR) is 96.1 cm³/mol. The van der Waals surface area contributed by atoms with Crippen molar-refractivity contribution in [3.63, 3.8) is 0 Å². The monoisotopic (exact) mass is 319 g/mol. The maximum atomic E-state index is 5.01. The summed E-state index contributed by atoms with van der Waals surface area (Å²) < 4.78 is 5.01. The number of ether oxygens (including phenoxy) is 1. The first-order chi connectivity index (χ1) is 11.3. The molecule has 2 fully saturated rings. The van der Waals surface area contributed by atoms with Gasteiger partial charge < -0.3 is 9.64 Å². The fraction of sp³-hybridized carbons (Fsp3) is 0.789. The molecule has 1 aliphatic heterocycles. The zero-order valence-electron chi connectivity index (χ0n) is 15.1. The van der Waals surface area contributed by atoms with Crippen LogP contribution in [0.3, 0.4) is 0 Å². The van der Waals surface area contributed by atoms with Crippen LogP contribution in [0.25, 0.3) is 0 Å². The van der Waals surface area contributed by atoms with Crippen LogP contribution in [0, 0.1) is 11.8 Å². The van der Waals surface area contributed by atoms with Gasteiger partial charge in [0.15, 0.2) is 0 Å². The van der Waals surface area contributed by atoms with E-state index in [0.29, 0.717) is 6.01 Å². The van der Waals surface area contributed by atoms with Crippen molar-refractivity contribution in [2.24, 2.45) is 11.8 Å². The van der Waals surface area contributed by atoms with Crippen molar-refractivity contribution in [1.29, 1.82) is 0 Å². The molecule has 130 valence electrons. The smallest absolute Gasteiger partial charge is 0.316 e. The topological polar surface area (TPSA) is 38.2 Å². The molecule has 0 atom stereocenters. The molecule has 1 aromatic heterocycles. The van der Waals surface area contributed by atoms with E-state index in [0.717, 1.165) is 30.6 Å². The SMILES string of the molecule is CCC.COc1ncc(N2CCC(C3CCCCC3)CC2)cn1. The standard InChI is InChI=1S/C16H25N3O.C3H8/c1-20-16-17-11-15(12-18-16)19-9-7-14(8-10-19)13-5-3-2-4-6-13;1-3-2/h11-14H,2-10H2,1H3;3H2,1-2H3. The second kappa shape index (κ2) is 9.74. The van der Waals surface area contributed by atoms with Crippen molar-refractivity contribution in [2.45, 2.75) is 65.2 Å². The van der Waals surface area contributed by atoms with Gasteiger partial charge in [-0.3, -0.25) is 0 Å². The van der Waals surface area contributed by atoms with Crippen molar-refractivity contribution in [3.8, 4) is 6.01 Å². The number of nitrogens with zero attached hydrogens (tertiary/aromatic N) is 3. The number of anilines is 1. The third kappa shape index (κ3) is 5.36. The largest absolute Gasteiger partial charge is 0.467 e. The number of hydrogen-bond acceptors (Lipinski definition) is 4. The third-order valence-corrected chi connectivity index (χ3v) is 5.02. The van der Waals surface area contributed by atoms with Gasteiger partial charge in [-0.15, -0.1) is 0 Å². The molecule has 0 unspecified atom stereocenters. The molecule has 3 rings (SSSR count). The summed E-state index contributed by atoms with van der Waals surface area (Å²) >= 11 is 0. The quantitative estimate of drug-likeness (QED) is 0.809. The molecule has 23 heavy (non-hydrogen) atoms. The van der Waals surface area contributed by atoms with Crippen molar-refractivity contribution < 1.29 is 4.74 Å². The molecule has 1 saturated heterocycles. The first kappa shape index (κ1) is 18.0. The van der Waals surface area contributed by atoms with Crippen molar-refractivity contribution in [3.05, 3.63) is 12.4 Å². The first-order valence-corrected chi connectivity index (χ1v) is 9.39. The van der Waals surface area contributed by atoms with Gasteiger partial charge in [-0.1, -0.05) is 52.4 Å². The minimum absolute atomic E-state index is 0.450. The fourth-order valence-electron chi connectivity index (χ4n) is 3.81. The summed E-state index contributed by atoms with van der Waals surface area (Å²) in [4.78, 5) is 10.8.